The number of thioether (sulfide) groups is 1. The van der Waals surface area contributed by atoms with Crippen LogP contribution in [0.25, 0.3) is 5.57 Å². The predicted molar refractivity (Wildman–Crippen MR) is 149 cm³/mol. The number of methoxy groups -OCH3 is 2. The molecular formula is C30H26FN3O3S. The molecule has 2 aromatic heterocycles. The number of aromatic nitrogens is 2. The third-order valence-corrected chi connectivity index (χ3v) is 7.54. The number of allylic oxidation sites excluding steroid dienone is 2. The summed E-state index contributed by atoms with van der Waals surface area (Å²) in [5.41, 5.74) is 5.07. The van der Waals surface area contributed by atoms with E-state index in [0.29, 0.717) is 22.9 Å². The molecule has 38 heavy (non-hydrogen) atoms. The van der Waals surface area contributed by atoms with E-state index in [1.165, 1.54) is 6.08 Å². The highest BCUT2D eigenvalue weighted by Gasteiger charge is 2.27. The number of halogens is 1. The minimum Gasteiger partial charge on any atom is -0.497 e. The molecular weight excluding hydrogens is 501 g/mol. The van der Waals surface area contributed by atoms with Crippen LogP contribution in [0.3, 0.4) is 0 Å². The van der Waals surface area contributed by atoms with E-state index < -0.39 is 11.7 Å². The Morgan fingerprint density at radius 3 is 2.24 bits per heavy atom. The molecule has 3 heterocycles. The van der Waals surface area contributed by atoms with E-state index in [1.54, 1.807) is 44.3 Å². The van der Waals surface area contributed by atoms with Gasteiger partial charge in [-0.3, -0.25) is 9.78 Å². The SMILES string of the molecule is COc1ccc(C(=C/C=C(\F)C(=O)Nc2ccn3c2CS[C@@H]3c2cccnc2)c2ccc(OC)cc2)cc1. The number of nitrogens with zero attached hydrogens (tertiary/aromatic N) is 2. The first-order valence-corrected chi connectivity index (χ1v) is 13.0. The molecule has 1 aliphatic rings. The molecule has 1 atom stereocenters. The van der Waals surface area contributed by atoms with Crippen LogP contribution >= 0.6 is 11.8 Å². The smallest absolute Gasteiger partial charge is 0.284 e. The normalized spacial score (nSPS) is 14.5. The summed E-state index contributed by atoms with van der Waals surface area (Å²) in [6.07, 6.45) is 8.29. The van der Waals surface area contributed by atoms with Crippen LogP contribution in [0.1, 0.15) is 27.8 Å². The van der Waals surface area contributed by atoms with Crippen molar-refractivity contribution in [2.45, 2.75) is 11.1 Å². The maximum atomic E-state index is 15.1. The molecule has 0 saturated heterocycles. The van der Waals surface area contributed by atoms with E-state index in [9.17, 15) is 4.79 Å². The molecule has 1 amide bonds. The van der Waals surface area contributed by atoms with Gasteiger partial charge in [0.05, 0.1) is 25.6 Å². The zero-order valence-electron chi connectivity index (χ0n) is 20.9. The first kappa shape index (κ1) is 25.4. The molecule has 2 aromatic carbocycles. The number of pyridine rings is 1. The molecule has 192 valence electrons. The molecule has 0 unspecified atom stereocenters. The Kier molecular flexibility index (Phi) is 7.60. The number of hydrogen-bond acceptors (Lipinski definition) is 5. The fourth-order valence-electron chi connectivity index (χ4n) is 4.30. The molecule has 0 fully saturated rings. The van der Waals surface area contributed by atoms with Crippen molar-refractivity contribution in [2.75, 3.05) is 19.5 Å². The van der Waals surface area contributed by atoms with Gasteiger partial charge in [0.15, 0.2) is 5.83 Å². The highest BCUT2D eigenvalue weighted by molar-refractivity contribution is 7.99. The number of fused-ring (bicyclic) bond motifs is 1. The van der Waals surface area contributed by atoms with Crippen molar-refractivity contribution in [3.8, 4) is 11.5 Å². The first-order valence-electron chi connectivity index (χ1n) is 12.0. The number of carbonyl (C=O) groups is 1. The first-order chi connectivity index (χ1) is 18.6. The maximum absolute atomic E-state index is 15.1. The lowest BCUT2D eigenvalue weighted by atomic mass is 9.97. The second kappa shape index (κ2) is 11.4. The van der Waals surface area contributed by atoms with Gasteiger partial charge in [-0.05, 0) is 59.2 Å². The Labute approximate surface area is 224 Å². The van der Waals surface area contributed by atoms with Crippen molar-refractivity contribution in [1.82, 2.24) is 9.55 Å². The zero-order valence-corrected chi connectivity index (χ0v) is 21.7. The molecule has 0 bridgehead atoms. The minimum absolute atomic E-state index is 0.0734. The van der Waals surface area contributed by atoms with Crippen molar-refractivity contribution in [3.05, 3.63) is 126 Å². The number of ether oxygens (including phenoxy) is 2. The molecule has 1 aliphatic heterocycles. The van der Waals surface area contributed by atoms with Crippen LogP contribution < -0.4 is 14.8 Å². The van der Waals surface area contributed by atoms with Gasteiger partial charge in [0.2, 0.25) is 0 Å². The quantitative estimate of drug-likeness (QED) is 0.206. The van der Waals surface area contributed by atoms with Gasteiger partial charge in [-0.1, -0.05) is 36.4 Å². The summed E-state index contributed by atoms with van der Waals surface area (Å²) >= 11 is 1.73. The molecule has 1 N–H and O–H groups in total. The lowest BCUT2D eigenvalue weighted by molar-refractivity contribution is -0.114. The van der Waals surface area contributed by atoms with Crippen molar-refractivity contribution in [1.29, 1.82) is 0 Å². The molecule has 0 spiro atoms. The Bertz CT molecular complexity index is 1430. The second-order valence-corrected chi connectivity index (χ2v) is 9.61. The van der Waals surface area contributed by atoms with E-state index in [-0.39, 0.29) is 5.37 Å². The van der Waals surface area contributed by atoms with Gasteiger partial charge >= 0.3 is 0 Å². The van der Waals surface area contributed by atoms with Gasteiger partial charge in [0, 0.05) is 29.9 Å². The number of carbonyl (C=O) groups excluding carboxylic acids is 1. The molecule has 6 nitrogen and oxygen atoms in total. The van der Waals surface area contributed by atoms with Crippen molar-refractivity contribution in [3.63, 3.8) is 0 Å². The largest absolute Gasteiger partial charge is 0.497 e. The molecule has 8 heteroatoms. The van der Waals surface area contributed by atoms with Gasteiger partial charge in [0.25, 0.3) is 5.91 Å². The summed E-state index contributed by atoms with van der Waals surface area (Å²) in [5.74, 6) is 0.445. The van der Waals surface area contributed by atoms with Crippen LogP contribution in [0.15, 0.2) is 103 Å². The lowest BCUT2D eigenvalue weighted by Crippen LogP contribution is -2.12. The van der Waals surface area contributed by atoms with Gasteiger partial charge in [-0.25, -0.2) is 4.39 Å². The van der Waals surface area contributed by atoms with Crippen LogP contribution in [0.4, 0.5) is 10.1 Å². The van der Waals surface area contributed by atoms with Crippen LogP contribution in [0, 0.1) is 0 Å². The number of rotatable bonds is 8. The van der Waals surface area contributed by atoms with Crippen LogP contribution in [0.2, 0.25) is 0 Å². The number of anilines is 1. The minimum atomic E-state index is -0.890. The van der Waals surface area contributed by atoms with Crippen LogP contribution in [-0.4, -0.2) is 29.7 Å². The second-order valence-electron chi connectivity index (χ2n) is 8.54. The molecule has 0 aliphatic carbocycles. The van der Waals surface area contributed by atoms with Crippen LogP contribution in [-0.2, 0) is 10.5 Å². The fourth-order valence-corrected chi connectivity index (χ4v) is 5.61. The summed E-state index contributed by atoms with van der Waals surface area (Å²) in [4.78, 5) is 17.0. The Balaban J connectivity index is 1.38. The number of hydrogen-bond donors (Lipinski definition) is 1. The summed E-state index contributed by atoms with van der Waals surface area (Å²) in [6, 6.07) is 20.6. The summed E-state index contributed by atoms with van der Waals surface area (Å²) in [5, 5.41) is 2.81. The fraction of sp³-hybridized carbons (Fsp3) is 0.133. The van der Waals surface area contributed by atoms with Crippen molar-refractivity contribution in [2.24, 2.45) is 0 Å². The van der Waals surface area contributed by atoms with Crippen molar-refractivity contribution < 1.29 is 18.7 Å². The third-order valence-electron chi connectivity index (χ3n) is 6.29. The molecule has 5 rings (SSSR count). The third kappa shape index (κ3) is 5.35. The topological polar surface area (TPSA) is 65.4 Å². The predicted octanol–water partition coefficient (Wildman–Crippen LogP) is 6.62. The number of nitrogens with one attached hydrogen (secondary N) is 1. The summed E-state index contributed by atoms with van der Waals surface area (Å²) in [7, 11) is 3.20. The highest BCUT2D eigenvalue weighted by Crippen LogP contribution is 2.43. The average molecular weight is 528 g/mol. The highest BCUT2D eigenvalue weighted by atomic mass is 32.2. The van der Waals surface area contributed by atoms with Gasteiger partial charge in [-0.2, -0.15) is 0 Å². The molecule has 4 aromatic rings. The Hall–Kier alpha value is -4.30. The van der Waals surface area contributed by atoms with E-state index >= 15 is 4.39 Å². The van der Waals surface area contributed by atoms with E-state index in [2.05, 4.69) is 14.9 Å². The standard InChI is InChI=1S/C30H26FN3O3S/c1-36-23-9-5-20(6-10-23)25(21-7-11-24(37-2)12-8-21)13-14-26(31)29(35)33-27-15-17-34-28(27)19-38-30(34)22-4-3-16-32-18-22/h3-18,30H,19H2,1-2H3,(H,33,35)/b26-14-/t30-/m1/s1. The average Bonchev–Trinajstić information content (AvgIpc) is 3.57. The molecule has 0 saturated carbocycles. The summed E-state index contributed by atoms with van der Waals surface area (Å²) < 4.78 is 27.7. The molecule has 0 radical (unpaired) electrons. The number of amides is 1. The summed E-state index contributed by atoms with van der Waals surface area (Å²) in [6.45, 7) is 0. The van der Waals surface area contributed by atoms with Gasteiger partial charge < -0.3 is 19.4 Å². The van der Waals surface area contributed by atoms with E-state index in [4.69, 9.17) is 9.47 Å². The van der Waals surface area contributed by atoms with Crippen LogP contribution in [0.5, 0.6) is 11.5 Å². The number of benzene rings is 2. The zero-order chi connectivity index (χ0) is 26.5. The van der Waals surface area contributed by atoms with E-state index in [0.717, 1.165) is 28.0 Å². The van der Waals surface area contributed by atoms with E-state index in [1.807, 2.05) is 73.1 Å². The van der Waals surface area contributed by atoms with Crippen molar-refractivity contribution >= 4 is 28.9 Å². The monoisotopic (exact) mass is 527 g/mol. The lowest BCUT2D eigenvalue weighted by Gasteiger charge is -2.12. The van der Waals surface area contributed by atoms with Gasteiger partial charge in [0.1, 0.15) is 16.9 Å². The van der Waals surface area contributed by atoms with Gasteiger partial charge in [-0.15, -0.1) is 11.8 Å². The Morgan fingerprint density at radius 2 is 1.66 bits per heavy atom. The Morgan fingerprint density at radius 1 is 1.00 bits per heavy atom. The maximum Gasteiger partial charge on any atom is 0.284 e.